The summed E-state index contributed by atoms with van der Waals surface area (Å²) in [7, 11) is 0. The zero-order valence-corrected chi connectivity index (χ0v) is 10.1. The van der Waals surface area contributed by atoms with E-state index < -0.39 is 5.97 Å². The standard InChI is InChI=1S/C12H22N2O2/c1-10(12(15)16)13-8-4-11(5-9-13)14-6-2-3-7-14/h10-11H,2-9H2,1H3,(H,15,16)/t10-/m0/s1. The Morgan fingerprint density at radius 1 is 1.19 bits per heavy atom. The average molecular weight is 226 g/mol. The van der Waals surface area contributed by atoms with Crippen molar-refractivity contribution in [3.05, 3.63) is 0 Å². The molecule has 4 heteroatoms. The van der Waals surface area contributed by atoms with Crippen molar-refractivity contribution in [1.29, 1.82) is 0 Å². The minimum absolute atomic E-state index is 0.320. The molecule has 0 bridgehead atoms. The van der Waals surface area contributed by atoms with Crippen LogP contribution < -0.4 is 0 Å². The summed E-state index contributed by atoms with van der Waals surface area (Å²) in [6, 6.07) is 0.388. The second kappa shape index (κ2) is 5.15. The maximum absolute atomic E-state index is 10.9. The summed E-state index contributed by atoms with van der Waals surface area (Å²) in [6.45, 7) is 6.17. The van der Waals surface area contributed by atoms with Gasteiger partial charge >= 0.3 is 5.97 Å². The van der Waals surface area contributed by atoms with Crippen molar-refractivity contribution in [3.63, 3.8) is 0 Å². The van der Waals surface area contributed by atoms with E-state index in [4.69, 9.17) is 5.11 Å². The van der Waals surface area contributed by atoms with Crippen LogP contribution in [0.4, 0.5) is 0 Å². The summed E-state index contributed by atoms with van der Waals surface area (Å²) in [5.74, 6) is -0.695. The van der Waals surface area contributed by atoms with E-state index in [1.165, 1.54) is 25.9 Å². The van der Waals surface area contributed by atoms with Crippen LogP contribution in [0, 0.1) is 0 Å². The molecular formula is C12H22N2O2. The molecule has 1 atom stereocenters. The molecule has 2 heterocycles. The predicted octanol–water partition coefficient (Wildman–Crippen LogP) is 1.02. The number of aliphatic carboxylic acids is 1. The second-order valence-electron chi connectivity index (χ2n) is 5.02. The van der Waals surface area contributed by atoms with Crippen LogP contribution in [0.25, 0.3) is 0 Å². The highest BCUT2D eigenvalue weighted by Gasteiger charge is 2.29. The summed E-state index contributed by atoms with van der Waals surface area (Å²) in [6.07, 6.45) is 4.95. The third-order valence-electron chi connectivity index (χ3n) is 4.06. The van der Waals surface area contributed by atoms with Crippen LogP contribution in [-0.2, 0) is 4.79 Å². The molecule has 2 aliphatic heterocycles. The van der Waals surface area contributed by atoms with Gasteiger partial charge in [0.05, 0.1) is 0 Å². The monoisotopic (exact) mass is 226 g/mol. The molecule has 0 unspecified atom stereocenters. The van der Waals surface area contributed by atoms with E-state index in [2.05, 4.69) is 9.80 Å². The Balaban J connectivity index is 1.79. The summed E-state index contributed by atoms with van der Waals surface area (Å²) in [4.78, 5) is 15.6. The first-order chi connectivity index (χ1) is 7.68. The Hall–Kier alpha value is -0.610. The van der Waals surface area contributed by atoms with Crippen molar-refractivity contribution in [2.75, 3.05) is 26.2 Å². The molecule has 0 aromatic carbocycles. The largest absolute Gasteiger partial charge is 0.480 e. The zero-order valence-electron chi connectivity index (χ0n) is 10.1. The third kappa shape index (κ3) is 2.55. The molecule has 92 valence electrons. The first kappa shape index (κ1) is 11.9. The van der Waals surface area contributed by atoms with Gasteiger partial charge in [-0.2, -0.15) is 0 Å². The van der Waals surface area contributed by atoms with Gasteiger partial charge in [-0.3, -0.25) is 9.69 Å². The van der Waals surface area contributed by atoms with Crippen molar-refractivity contribution < 1.29 is 9.90 Å². The quantitative estimate of drug-likeness (QED) is 0.780. The smallest absolute Gasteiger partial charge is 0.320 e. The molecule has 2 fully saturated rings. The number of carboxylic acids is 1. The Labute approximate surface area is 97.2 Å². The SMILES string of the molecule is C[C@@H](C(=O)O)N1CCC(N2CCCC2)CC1. The maximum Gasteiger partial charge on any atom is 0.320 e. The second-order valence-corrected chi connectivity index (χ2v) is 5.02. The summed E-state index contributed by atoms with van der Waals surface area (Å²) >= 11 is 0. The lowest BCUT2D eigenvalue weighted by atomic mass is 10.0. The Morgan fingerprint density at radius 2 is 1.75 bits per heavy atom. The molecule has 0 aliphatic carbocycles. The zero-order chi connectivity index (χ0) is 11.5. The van der Waals surface area contributed by atoms with Gasteiger partial charge in [0.1, 0.15) is 6.04 Å². The van der Waals surface area contributed by atoms with Crippen molar-refractivity contribution in [3.8, 4) is 0 Å². The van der Waals surface area contributed by atoms with Gasteiger partial charge in [-0.1, -0.05) is 0 Å². The fraction of sp³-hybridized carbons (Fsp3) is 0.917. The van der Waals surface area contributed by atoms with E-state index in [1.807, 2.05) is 0 Å². The molecule has 0 aromatic rings. The lowest BCUT2D eigenvalue weighted by Gasteiger charge is -2.38. The van der Waals surface area contributed by atoms with Crippen molar-refractivity contribution in [1.82, 2.24) is 9.80 Å². The average Bonchev–Trinajstić information content (AvgIpc) is 2.81. The predicted molar refractivity (Wildman–Crippen MR) is 62.5 cm³/mol. The minimum Gasteiger partial charge on any atom is -0.480 e. The topological polar surface area (TPSA) is 43.8 Å². The van der Waals surface area contributed by atoms with Crippen LogP contribution in [0.1, 0.15) is 32.6 Å². The van der Waals surface area contributed by atoms with Gasteiger partial charge < -0.3 is 10.0 Å². The van der Waals surface area contributed by atoms with Gasteiger partial charge in [-0.15, -0.1) is 0 Å². The number of hydrogen-bond acceptors (Lipinski definition) is 3. The maximum atomic E-state index is 10.9. The van der Waals surface area contributed by atoms with Crippen LogP contribution >= 0.6 is 0 Å². The van der Waals surface area contributed by atoms with Crippen LogP contribution in [0.15, 0.2) is 0 Å². The van der Waals surface area contributed by atoms with E-state index in [0.29, 0.717) is 6.04 Å². The molecule has 2 saturated heterocycles. The van der Waals surface area contributed by atoms with Gasteiger partial charge in [-0.25, -0.2) is 0 Å². The number of carbonyl (C=O) groups is 1. The molecule has 0 aromatic heterocycles. The number of likely N-dealkylation sites (tertiary alicyclic amines) is 2. The number of rotatable bonds is 3. The Bertz CT molecular complexity index is 243. The Morgan fingerprint density at radius 3 is 2.25 bits per heavy atom. The summed E-state index contributed by atoms with van der Waals surface area (Å²) < 4.78 is 0. The molecule has 0 spiro atoms. The minimum atomic E-state index is -0.695. The van der Waals surface area contributed by atoms with Crippen LogP contribution in [0.2, 0.25) is 0 Å². The van der Waals surface area contributed by atoms with Gasteiger partial charge in [0, 0.05) is 19.1 Å². The molecule has 16 heavy (non-hydrogen) atoms. The fourth-order valence-corrected chi connectivity index (χ4v) is 2.90. The van der Waals surface area contributed by atoms with Gasteiger partial charge in [0.15, 0.2) is 0 Å². The molecule has 0 amide bonds. The third-order valence-corrected chi connectivity index (χ3v) is 4.06. The number of piperidine rings is 1. The summed E-state index contributed by atoms with van der Waals surface area (Å²) in [5.41, 5.74) is 0. The number of nitrogens with zero attached hydrogens (tertiary/aromatic N) is 2. The molecule has 0 radical (unpaired) electrons. The van der Waals surface area contributed by atoms with Gasteiger partial charge in [0.2, 0.25) is 0 Å². The van der Waals surface area contributed by atoms with Crippen LogP contribution in [-0.4, -0.2) is 59.1 Å². The van der Waals surface area contributed by atoms with E-state index in [-0.39, 0.29) is 6.04 Å². The van der Waals surface area contributed by atoms with Crippen molar-refractivity contribution in [2.24, 2.45) is 0 Å². The molecule has 2 rings (SSSR count). The molecule has 2 aliphatic rings. The highest BCUT2D eigenvalue weighted by molar-refractivity contribution is 5.72. The molecule has 0 saturated carbocycles. The van der Waals surface area contributed by atoms with Crippen molar-refractivity contribution in [2.45, 2.75) is 44.7 Å². The fourth-order valence-electron chi connectivity index (χ4n) is 2.90. The van der Waals surface area contributed by atoms with Gasteiger partial charge in [-0.05, 0) is 45.7 Å². The first-order valence-electron chi connectivity index (χ1n) is 6.39. The first-order valence-corrected chi connectivity index (χ1v) is 6.39. The van der Waals surface area contributed by atoms with E-state index in [0.717, 1.165) is 25.9 Å². The summed E-state index contributed by atoms with van der Waals surface area (Å²) in [5, 5.41) is 8.96. The van der Waals surface area contributed by atoms with E-state index in [9.17, 15) is 4.79 Å². The van der Waals surface area contributed by atoms with Crippen LogP contribution in [0.3, 0.4) is 0 Å². The number of carboxylic acid groups (broad SMARTS) is 1. The highest BCUT2D eigenvalue weighted by Crippen LogP contribution is 2.21. The van der Waals surface area contributed by atoms with Gasteiger partial charge in [0.25, 0.3) is 0 Å². The van der Waals surface area contributed by atoms with E-state index in [1.54, 1.807) is 6.92 Å². The lowest BCUT2D eigenvalue weighted by Crippen LogP contribution is -2.48. The number of hydrogen-bond donors (Lipinski definition) is 1. The highest BCUT2D eigenvalue weighted by atomic mass is 16.4. The lowest BCUT2D eigenvalue weighted by molar-refractivity contribution is -0.143. The molecule has 1 N–H and O–H groups in total. The molecule has 4 nitrogen and oxygen atoms in total. The Kier molecular flexibility index (Phi) is 3.82. The normalized spacial score (nSPS) is 27.1. The van der Waals surface area contributed by atoms with Crippen LogP contribution in [0.5, 0.6) is 0 Å². The molecular weight excluding hydrogens is 204 g/mol. The van der Waals surface area contributed by atoms with Crippen molar-refractivity contribution >= 4 is 5.97 Å². The van der Waals surface area contributed by atoms with E-state index >= 15 is 0 Å².